The Balaban J connectivity index is 1.60. The lowest BCUT2D eigenvalue weighted by Crippen LogP contribution is -2.35. The molecule has 130 valence electrons. The van der Waals surface area contributed by atoms with Crippen LogP contribution in [-0.4, -0.2) is 36.8 Å². The van der Waals surface area contributed by atoms with E-state index in [0.717, 1.165) is 6.42 Å². The van der Waals surface area contributed by atoms with Crippen LogP contribution < -0.4 is 0 Å². The zero-order valence-electron chi connectivity index (χ0n) is 14.3. The van der Waals surface area contributed by atoms with E-state index in [9.17, 15) is 14.4 Å². The maximum atomic E-state index is 12.6. The quantitative estimate of drug-likeness (QED) is 0.610. The van der Waals surface area contributed by atoms with Crippen LogP contribution in [0.25, 0.3) is 0 Å². The topological polar surface area (TPSA) is 63.7 Å². The molecule has 2 bridgehead atoms. The van der Waals surface area contributed by atoms with Crippen molar-refractivity contribution in [2.24, 2.45) is 29.6 Å². The number of nitrogens with zero attached hydrogens (tertiary/aromatic N) is 1. The van der Waals surface area contributed by atoms with E-state index in [1.165, 1.54) is 23.1 Å². The van der Waals surface area contributed by atoms with E-state index in [4.69, 9.17) is 4.74 Å². The number of imide groups is 1. The van der Waals surface area contributed by atoms with Gasteiger partial charge in [0.15, 0.2) is 0 Å². The molecule has 5 nitrogen and oxygen atoms in total. The molecule has 0 aromatic heterocycles. The van der Waals surface area contributed by atoms with Gasteiger partial charge in [0.2, 0.25) is 11.8 Å². The molecule has 3 fully saturated rings. The lowest BCUT2D eigenvalue weighted by atomic mass is 9.67. The van der Waals surface area contributed by atoms with Gasteiger partial charge < -0.3 is 4.74 Å². The number of rotatable bonds is 2. The highest BCUT2D eigenvalue weighted by Crippen LogP contribution is 2.70. The van der Waals surface area contributed by atoms with E-state index in [1.54, 1.807) is 7.05 Å². The number of hydrogen-bond donors (Lipinski definition) is 0. The van der Waals surface area contributed by atoms with Gasteiger partial charge in [-0.2, -0.15) is 0 Å². The minimum Gasteiger partial charge on any atom is -0.469 e. The van der Waals surface area contributed by atoms with E-state index < -0.39 is 0 Å². The first-order chi connectivity index (χ1) is 12.0. The lowest BCUT2D eigenvalue weighted by molar-refractivity contribution is -0.141. The third kappa shape index (κ3) is 1.71. The molecule has 25 heavy (non-hydrogen) atoms. The number of amides is 2. The van der Waals surface area contributed by atoms with Crippen LogP contribution >= 0.6 is 0 Å². The molecular formula is C20H21NO4. The largest absolute Gasteiger partial charge is 0.469 e. The van der Waals surface area contributed by atoms with Gasteiger partial charge in [-0.25, -0.2) is 0 Å². The molecule has 5 rings (SSSR count). The Morgan fingerprint density at radius 3 is 2.40 bits per heavy atom. The molecule has 1 heterocycles. The third-order valence-corrected chi connectivity index (χ3v) is 7.29. The molecule has 5 heteroatoms. The van der Waals surface area contributed by atoms with Crippen molar-refractivity contribution in [3.05, 3.63) is 35.4 Å². The molecule has 1 aromatic rings. The predicted octanol–water partition coefficient (Wildman–Crippen LogP) is 1.93. The molecule has 1 saturated heterocycles. The summed E-state index contributed by atoms with van der Waals surface area (Å²) >= 11 is 0. The molecule has 0 radical (unpaired) electrons. The van der Waals surface area contributed by atoms with Crippen LogP contribution in [0.5, 0.6) is 0 Å². The van der Waals surface area contributed by atoms with Gasteiger partial charge in [0.25, 0.3) is 0 Å². The van der Waals surface area contributed by atoms with Crippen LogP contribution in [-0.2, 0) is 19.1 Å². The Hall–Kier alpha value is -2.17. The molecule has 0 spiro atoms. The van der Waals surface area contributed by atoms with Crippen molar-refractivity contribution in [3.8, 4) is 0 Å². The average molecular weight is 339 g/mol. The van der Waals surface area contributed by atoms with E-state index in [0.29, 0.717) is 12.3 Å². The number of esters is 1. The fraction of sp³-hybridized carbons (Fsp3) is 0.550. The van der Waals surface area contributed by atoms with E-state index >= 15 is 0 Å². The van der Waals surface area contributed by atoms with Gasteiger partial charge in [-0.15, -0.1) is 0 Å². The smallest absolute Gasteiger partial charge is 0.306 e. The maximum Gasteiger partial charge on any atom is 0.306 e. The van der Waals surface area contributed by atoms with Crippen LogP contribution in [0, 0.1) is 29.6 Å². The second-order valence-electron chi connectivity index (χ2n) is 7.97. The number of likely N-dealkylation sites (tertiary alicyclic amines) is 1. The van der Waals surface area contributed by atoms with Gasteiger partial charge in [-0.05, 0) is 47.1 Å². The number of fused-ring (bicyclic) bond motifs is 10. The first-order valence-corrected chi connectivity index (χ1v) is 9.01. The monoisotopic (exact) mass is 339 g/mol. The van der Waals surface area contributed by atoms with Gasteiger partial charge in [0.05, 0.1) is 25.4 Å². The highest BCUT2D eigenvalue weighted by Gasteiger charge is 2.69. The summed E-state index contributed by atoms with van der Waals surface area (Å²) in [4.78, 5) is 38.6. The van der Waals surface area contributed by atoms with Crippen molar-refractivity contribution >= 4 is 17.8 Å². The summed E-state index contributed by atoms with van der Waals surface area (Å²) in [5.74, 6) is 0.514. The van der Waals surface area contributed by atoms with E-state index in [2.05, 4.69) is 12.1 Å². The number of ether oxygens (including phenoxy) is 1. The van der Waals surface area contributed by atoms with Crippen LogP contribution in [0.1, 0.15) is 35.8 Å². The Labute approximate surface area is 146 Å². The molecule has 2 saturated carbocycles. The molecule has 0 N–H and O–H groups in total. The number of hydrogen-bond acceptors (Lipinski definition) is 4. The first-order valence-electron chi connectivity index (χ1n) is 9.01. The zero-order chi connectivity index (χ0) is 17.5. The molecule has 7 atom stereocenters. The van der Waals surface area contributed by atoms with Crippen molar-refractivity contribution in [1.82, 2.24) is 4.90 Å². The summed E-state index contributed by atoms with van der Waals surface area (Å²) < 4.78 is 4.93. The molecule has 0 unspecified atom stereocenters. The van der Waals surface area contributed by atoms with Gasteiger partial charge in [0.1, 0.15) is 0 Å². The van der Waals surface area contributed by atoms with Gasteiger partial charge in [-0.1, -0.05) is 24.3 Å². The van der Waals surface area contributed by atoms with Crippen LogP contribution in [0.4, 0.5) is 0 Å². The van der Waals surface area contributed by atoms with Gasteiger partial charge in [0, 0.05) is 7.05 Å². The van der Waals surface area contributed by atoms with Crippen molar-refractivity contribution in [1.29, 1.82) is 0 Å². The highest BCUT2D eigenvalue weighted by molar-refractivity contribution is 6.06. The number of carbonyl (C=O) groups excluding carboxylic acids is 3. The number of benzene rings is 1. The van der Waals surface area contributed by atoms with E-state index in [1.807, 2.05) is 12.1 Å². The van der Waals surface area contributed by atoms with E-state index in [-0.39, 0.29) is 53.3 Å². The molecule has 1 aromatic carbocycles. The fourth-order valence-electron chi connectivity index (χ4n) is 6.54. The molecule has 1 aliphatic heterocycles. The standard InChI is InChI=1S/C20H21NO4/c1-21-19(23)17-12-7-13(18(17)20(21)24)16-11(8-14(22)25-2)9-5-3-4-6-10(9)15(12)16/h3-6,11-13,15-18H,7-8H2,1-2H3/t11-,12-,13+,15+,16-,17+,18-/m1/s1. The summed E-state index contributed by atoms with van der Waals surface area (Å²) in [6.07, 6.45) is 1.29. The van der Waals surface area contributed by atoms with Crippen molar-refractivity contribution < 1.29 is 19.1 Å². The maximum absolute atomic E-state index is 12.6. The fourth-order valence-corrected chi connectivity index (χ4v) is 6.54. The Bertz CT molecular complexity index is 803. The van der Waals surface area contributed by atoms with Gasteiger partial charge in [-0.3, -0.25) is 19.3 Å². The summed E-state index contributed by atoms with van der Waals surface area (Å²) in [5, 5.41) is 0. The summed E-state index contributed by atoms with van der Waals surface area (Å²) in [6.45, 7) is 0. The Morgan fingerprint density at radius 1 is 1.08 bits per heavy atom. The predicted molar refractivity (Wildman–Crippen MR) is 88.4 cm³/mol. The first kappa shape index (κ1) is 15.1. The van der Waals surface area contributed by atoms with Crippen molar-refractivity contribution in [2.45, 2.75) is 24.7 Å². The number of carbonyl (C=O) groups is 3. The molecule has 2 amide bonds. The summed E-state index contributed by atoms with van der Waals surface area (Å²) in [7, 11) is 3.03. The Kier molecular flexibility index (Phi) is 2.98. The van der Waals surface area contributed by atoms with Crippen LogP contribution in [0.3, 0.4) is 0 Å². The number of methoxy groups -OCH3 is 1. The Morgan fingerprint density at radius 2 is 1.72 bits per heavy atom. The average Bonchev–Trinajstić information content (AvgIpc) is 3.32. The summed E-state index contributed by atoms with van der Waals surface area (Å²) in [5.41, 5.74) is 2.49. The van der Waals surface area contributed by atoms with Crippen LogP contribution in [0.15, 0.2) is 24.3 Å². The lowest BCUT2D eigenvalue weighted by Gasteiger charge is -2.34. The van der Waals surface area contributed by atoms with Crippen molar-refractivity contribution in [3.63, 3.8) is 0 Å². The minimum absolute atomic E-state index is 0.00477. The second-order valence-corrected chi connectivity index (χ2v) is 7.97. The normalized spacial score (nSPS) is 40.2. The molecular weight excluding hydrogens is 318 g/mol. The van der Waals surface area contributed by atoms with Crippen LogP contribution in [0.2, 0.25) is 0 Å². The van der Waals surface area contributed by atoms with Gasteiger partial charge >= 0.3 is 5.97 Å². The third-order valence-electron chi connectivity index (χ3n) is 7.29. The summed E-state index contributed by atoms with van der Waals surface area (Å²) in [6, 6.07) is 8.29. The molecule has 4 aliphatic rings. The van der Waals surface area contributed by atoms with Crippen molar-refractivity contribution in [2.75, 3.05) is 14.2 Å². The SMILES string of the molecule is COC(=O)C[C@@H]1c2ccccc2[C@H]2[C@H]3C[C@H]([C@H]4C(=O)N(C)C(=O)[C@@H]34)[C@H]21. The highest BCUT2D eigenvalue weighted by atomic mass is 16.5. The zero-order valence-corrected chi connectivity index (χ0v) is 14.3. The molecule has 3 aliphatic carbocycles. The second kappa shape index (κ2) is 4.93. The minimum atomic E-state index is -0.203.